The molecule has 0 aromatic rings. The van der Waals surface area contributed by atoms with E-state index in [4.69, 9.17) is 12.2 Å². The highest BCUT2D eigenvalue weighted by Crippen LogP contribution is 2.60. The Morgan fingerprint density at radius 3 is 2.52 bits per heavy atom. The molecule has 0 bridgehead atoms. The van der Waals surface area contributed by atoms with Crippen LogP contribution in [0.15, 0.2) is 4.99 Å². The highest BCUT2D eigenvalue weighted by molar-refractivity contribution is 7.78. The first-order valence-electron chi connectivity index (χ1n) is 10.3. The van der Waals surface area contributed by atoms with Gasteiger partial charge in [0.1, 0.15) is 0 Å². The van der Waals surface area contributed by atoms with Crippen LogP contribution in [-0.2, 0) is 0 Å². The van der Waals surface area contributed by atoms with Crippen LogP contribution in [-0.4, -0.2) is 11.2 Å². The Morgan fingerprint density at radius 1 is 0.957 bits per heavy atom. The molecule has 0 saturated heterocycles. The fraction of sp³-hybridized carbons (Fsp3) is 0.952. The quantitative estimate of drug-likeness (QED) is 0.447. The zero-order chi connectivity index (χ0) is 15.8. The summed E-state index contributed by atoms with van der Waals surface area (Å²) in [6.07, 6.45) is 16.1. The molecule has 0 N–H and O–H groups in total. The first-order chi connectivity index (χ1) is 11.3. The number of fused-ring (bicyclic) bond motifs is 3. The Bertz CT molecular complexity index is 460. The molecular formula is C21H33NS. The van der Waals surface area contributed by atoms with Gasteiger partial charge in [-0.2, -0.15) is 0 Å². The van der Waals surface area contributed by atoms with E-state index >= 15 is 0 Å². The first kappa shape index (κ1) is 16.3. The number of isothiocyanates is 1. The molecule has 4 aliphatic carbocycles. The van der Waals surface area contributed by atoms with Crippen LogP contribution < -0.4 is 0 Å². The fourth-order valence-corrected chi connectivity index (χ4v) is 7.39. The molecule has 6 atom stereocenters. The zero-order valence-corrected chi connectivity index (χ0v) is 15.6. The SMILES string of the molecule is CC1[C@H](CC2CCC(N=C=S)CC2)C[C@H]2CC3CCCCC3[C@@H]12. The van der Waals surface area contributed by atoms with Gasteiger partial charge in [0.2, 0.25) is 0 Å². The van der Waals surface area contributed by atoms with E-state index < -0.39 is 0 Å². The van der Waals surface area contributed by atoms with Crippen molar-refractivity contribution >= 4 is 17.4 Å². The maximum absolute atomic E-state index is 4.77. The van der Waals surface area contributed by atoms with Gasteiger partial charge in [0.25, 0.3) is 0 Å². The lowest BCUT2D eigenvalue weighted by Gasteiger charge is -2.34. The van der Waals surface area contributed by atoms with E-state index in [1.807, 2.05) is 0 Å². The van der Waals surface area contributed by atoms with Crippen molar-refractivity contribution in [1.29, 1.82) is 0 Å². The Morgan fingerprint density at radius 2 is 1.74 bits per heavy atom. The Kier molecular flexibility index (Phi) is 4.93. The molecule has 0 heterocycles. The van der Waals surface area contributed by atoms with Crippen molar-refractivity contribution in [2.24, 2.45) is 46.4 Å². The summed E-state index contributed by atoms with van der Waals surface area (Å²) in [5.74, 6) is 7.43. The molecule has 0 aromatic heterocycles. The number of nitrogens with zero attached hydrogens (tertiary/aromatic N) is 1. The number of hydrogen-bond donors (Lipinski definition) is 0. The lowest BCUT2D eigenvalue weighted by atomic mass is 9.71. The van der Waals surface area contributed by atoms with E-state index in [1.54, 1.807) is 25.7 Å². The summed E-state index contributed by atoms with van der Waals surface area (Å²) in [5.41, 5.74) is 0. The maximum Gasteiger partial charge on any atom is 0.0603 e. The molecular weight excluding hydrogens is 298 g/mol. The predicted octanol–water partition coefficient (Wildman–Crippen LogP) is 6.14. The molecule has 1 nitrogen and oxygen atoms in total. The van der Waals surface area contributed by atoms with Crippen LogP contribution in [0.25, 0.3) is 0 Å². The monoisotopic (exact) mass is 331 g/mol. The Labute approximate surface area is 147 Å². The van der Waals surface area contributed by atoms with Gasteiger partial charge in [0.15, 0.2) is 0 Å². The molecule has 0 aliphatic heterocycles. The average molecular weight is 332 g/mol. The molecule has 4 aliphatic rings. The Hall–Kier alpha value is -0.200. The third-order valence-corrected chi connectivity index (χ3v) is 8.36. The predicted molar refractivity (Wildman–Crippen MR) is 99.7 cm³/mol. The van der Waals surface area contributed by atoms with Crippen LogP contribution >= 0.6 is 12.2 Å². The van der Waals surface area contributed by atoms with Crippen LogP contribution in [0.2, 0.25) is 0 Å². The molecule has 0 radical (unpaired) electrons. The van der Waals surface area contributed by atoms with Crippen molar-refractivity contribution in [3.63, 3.8) is 0 Å². The third-order valence-electron chi connectivity index (χ3n) is 8.26. The van der Waals surface area contributed by atoms with Gasteiger partial charge in [-0.3, -0.25) is 0 Å². The smallest absolute Gasteiger partial charge is 0.0603 e. The van der Waals surface area contributed by atoms with Crippen molar-refractivity contribution < 1.29 is 0 Å². The summed E-state index contributed by atoms with van der Waals surface area (Å²) >= 11 is 4.77. The second-order valence-corrected chi connectivity index (χ2v) is 9.45. The molecule has 0 spiro atoms. The van der Waals surface area contributed by atoms with Crippen molar-refractivity contribution in [3.05, 3.63) is 0 Å². The average Bonchev–Trinajstić information content (AvgIpc) is 3.07. The molecule has 3 unspecified atom stereocenters. The van der Waals surface area contributed by atoms with Crippen LogP contribution in [0.1, 0.15) is 77.6 Å². The fourth-order valence-electron chi connectivity index (χ4n) is 7.24. The molecule has 23 heavy (non-hydrogen) atoms. The van der Waals surface area contributed by atoms with Crippen molar-refractivity contribution in [3.8, 4) is 0 Å². The van der Waals surface area contributed by atoms with Crippen LogP contribution in [0.4, 0.5) is 0 Å². The Balaban J connectivity index is 1.33. The number of aliphatic imine (C=N–C) groups is 1. The second kappa shape index (κ2) is 6.96. The largest absolute Gasteiger partial charge is 0.229 e. The second-order valence-electron chi connectivity index (χ2n) is 9.27. The van der Waals surface area contributed by atoms with E-state index in [9.17, 15) is 0 Å². The van der Waals surface area contributed by atoms with E-state index in [-0.39, 0.29) is 0 Å². The summed E-state index contributed by atoms with van der Waals surface area (Å²) in [4.78, 5) is 4.32. The number of thiocarbonyl (C=S) groups is 1. The molecule has 0 aromatic carbocycles. The van der Waals surface area contributed by atoms with Gasteiger partial charge in [0.05, 0.1) is 11.2 Å². The van der Waals surface area contributed by atoms with Gasteiger partial charge < -0.3 is 0 Å². The molecule has 128 valence electrons. The minimum atomic E-state index is 0.493. The standard InChI is InChI=1S/C21H33NS/c1-14-17(10-15-6-8-19(9-7-15)22-13-23)12-18-11-16-4-2-3-5-20(16)21(14)18/h14-21H,2-12H2,1H3/t14?,15?,16?,17-,18-,19?,20?,21+/m1/s1. The molecule has 2 heteroatoms. The minimum Gasteiger partial charge on any atom is -0.229 e. The van der Waals surface area contributed by atoms with Crippen LogP contribution in [0, 0.1) is 41.4 Å². The van der Waals surface area contributed by atoms with Gasteiger partial charge in [-0.15, -0.1) is 0 Å². The molecule has 4 saturated carbocycles. The van der Waals surface area contributed by atoms with Gasteiger partial charge in [-0.1, -0.05) is 26.2 Å². The summed E-state index contributed by atoms with van der Waals surface area (Å²) in [5, 5.41) is 2.59. The van der Waals surface area contributed by atoms with Gasteiger partial charge in [0, 0.05) is 0 Å². The molecule has 4 rings (SSSR count). The van der Waals surface area contributed by atoms with E-state index in [1.165, 1.54) is 44.9 Å². The van der Waals surface area contributed by atoms with Crippen molar-refractivity contribution in [2.45, 2.75) is 83.6 Å². The normalized spacial score (nSPS) is 49.3. The summed E-state index contributed by atoms with van der Waals surface area (Å²) < 4.78 is 0. The number of hydrogen-bond acceptors (Lipinski definition) is 2. The third kappa shape index (κ3) is 3.19. The summed E-state index contributed by atoms with van der Waals surface area (Å²) in [6.45, 7) is 2.62. The lowest BCUT2D eigenvalue weighted by molar-refractivity contribution is 0.159. The van der Waals surface area contributed by atoms with Crippen molar-refractivity contribution in [1.82, 2.24) is 0 Å². The molecule has 4 fully saturated rings. The lowest BCUT2D eigenvalue weighted by Crippen LogP contribution is -2.26. The van der Waals surface area contributed by atoms with Crippen LogP contribution in [0.5, 0.6) is 0 Å². The highest BCUT2D eigenvalue weighted by atomic mass is 32.1. The number of rotatable bonds is 3. The summed E-state index contributed by atoms with van der Waals surface area (Å²) in [6, 6.07) is 0.493. The van der Waals surface area contributed by atoms with E-state index in [0.29, 0.717) is 6.04 Å². The van der Waals surface area contributed by atoms with Gasteiger partial charge >= 0.3 is 0 Å². The van der Waals surface area contributed by atoms with Gasteiger partial charge in [-0.05, 0) is 105 Å². The molecule has 0 amide bonds. The van der Waals surface area contributed by atoms with Gasteiger partial charge in [-0.25, -0.2) is 4.99 Å². The van der Waals surface area contributed by atoms with E-state index in [2.05, 4.69) is 17.1 Å². The zero-order valence-electron chi connectivity index (χ0n) is 14.8. The van der Waals surface area contributed by atoms with Crippen molar-refractivity contribution in [2.75, 3.05) is 0 Å². The maximum atomic E-state index is 4.77. The first-order valence-corrected chi connectivity index (χ1v) is 10.7. The highest BCUT2D eigenvalue weighted by Gasteiger charge is 2.52. The summed E-state index contributed by atoms with van der Waals surface area (Å²) in [7, 11) is 0. The van der Waals surface area contributed by atoms with Crippen LogP contribution in [0.3, 0.4) is 0 Å². The topological polar surface area (TPSA) is 12.4 Å². The minimum absolute atomic E-state index is 0.493. The van der Waals surface area contributed by atoms with E-state index in [0.717, 1.165) is 41.4 Å².